The fourth-order valence-corrected chi connectivity index (χ4v) is 6.78. The van der Waals surface area contributed by atoms with Gasteiger partial charge < -0.3 is 10.1 Å². The molecule has 2 saturated carbocycles. The van der Waals surface area contributed by atoms with Gasteiger partial charge in [-0.15, -0.1) is 0 Å². The van der Waals surface area contributed by atoms with Gasteiger partial charge in [-0.2, -0.15) is 13.2 Å². The quantitative estimate of drug-likeness (QED) is 0.320. The molecule has 210 valence electrons. The molecular formula is C31H25F3N2O5. The molecule has 6 rings (SSSR count). The molecule has 0 radical (unpaired) electrons. The molecule has 0 unspecified atom stereocenters. The number of para-hydroxylation sites is 1. The van der Waals surface area contributed by atoms with Crippen LogP contribution in [0.15, 0.2) is 78.9 Å². The molecule has 2 bridgehead atoms. The zero-order valence-corrected chi connectivity index (χ0v) is 21.6. The van der Waals surface area contributed by atoms with Crippen LogP contribution in [0.3, 0.4) is 0 Å². The number of amides is 3. The van der Waals surface area contributed by atoms with Crippen molar-refractivity contribution in [1.29, 1.82) is 0 Å². The smallest absolute Gasteiger partial charge is 0.418 e. The van der Waals surface area contributed by atoms with Crippen molar-refractivity contribution in [3.63, 3.8) is 0 Å². The minimum Gasteiger partial charge on any atom is -0.452 e. The van der Waals surface area contributed by atoms with E-state index in [9.17, 15) is 32.3 Å². The number of nitrogens with one attached hydrogen (secondary N) is 1. The van der Waals surface area contributed by atoms with E-state index in [1.807, 2.05) is 18.2 Å². The predicted octanol–water partition coefficient (Wildman–Crippen LogP) is 5.43. The minimum atomic E-state index is -4.66. The number of esters is 1. The molecule has 41 heavy (non-hydrogen) atoms. The van der Waals surface area contributed by atoms with E-state index in [0.29, 0.717) is 5.69 Å². The number of carbonyl (C=O) groups is 4. The summed E-state index contributed by atoms with van der Waals surface area (Å²) in [5.41, 5.74) is 0.134. The van der Waals surface area contributed by atoms with Gasteiger partial charge in [0.25, 0.3) is 5.91 Å². The highest BCUT2D eigenvalue weighted by Gasteiger charge is 2.64. The number of hydrogen-bond donors (Lipinski definition) is 1. The van der Waals surface area contributed by atoms with Gasteiger partial charge in [-0.3, -0.25) is 19.3 Å². The maximum absolute atomic E-state index is 13.5. The van der Waals surface area contributed by atoms with Crippen molar-refractivity contribution in [1.82, 2.24) is 0 Å². The first-order valence-corrected chi connectivity index (χ1v) is 13.3. The average molecular weight is 563 g/mol. The number of rotatable bonds is 6. The van der Waals surface area contributed by atoms with E-state index >= 15 is 0 Å². The fraction of sp³-hybridized carbons (Fsp3) is 0.290. The summed E-state index contributed by atoms with van der Waals surface area (Å²) >= 11 is 0. The van der Waals surface area contributed by atoms with Crippen LogP contribution in [-0.2, 0) is 25.3 Å². The van der Waals surface area contributed by atoms with Crippen LogP contribution in [0.25, 0.3) is 0 Å². The van der Waals surface area contributed by atoms with Gasteiger partial charge in [0.15, 0.2) is 6.61 Å². The SMILES string of the molecule is O=C(COC(=O)c1ccc(N2C(=O)[C@@H]3[C@@H]4C[C@@H]([C@@H]3C2=O)[C@@H](c2ccccc2)C4)cc1)Nc1ccccc1C(F)(F)F. The number of fused-ring (bicyclic) bond motifs is 5. The van der Waals surface area contributed by atoms with Crippen LogP contribution in [0, 0.1) is 23.7 Å². The zero-order chi connectivity index (χ0) is 28.9. The van der Waals surface area contributed by atoms with Crippen molar-refractivity contribution < 1.29 is 37.1 Å². The Hall–Kier alpha value is -4.47. The third-order valence-corrected chi connectivity index (χ3v) is 8.45. The first kappa shape index (κ1) is 26.7. The molecule has 3 aromatic rings. The van der Waals surface area contributed by atoms with E-state index in [-0.39, 0.29) is 47.0 Å². The lowest BCUT2D eigenvalue weighted by atomic mass is 9.73. The van der Waals surface area contributed by atoms with Crippen LogP contribution in [0.1, 0.15) is 40.2 Å². The number of halogens is 3. The molecule has 1 N–H and O–H groups in total. The molecule has 3 aromatic carbocycles. The van der Waals surface area contributed by atoms with Gasteiger partial charge in [-0.05, 0) is 72.6 Å². The normalized spacial score (nSPS) is 24.9. The standard InChI is InChI=1S/C31H25F3N2O5/c32-31(33,34)23-8-4-5-9-24(23)35-25(37)16-41-30(40)18-10-12-20(13-11-18)36-28(38)26-19-14-21(17-6-2-1-3-7-17)22(15-19)27(26)29(36)39/h1-13,19,21-22,26-27H,14-16H2,(H,35,37)/t19-,21+,22+,26+,27-/m0/s1. The van der Waals surface area contributed by atoms with Crippen molar-refractivity contribution in [2.45, 2.75) is 24.9 Å². The lowest BCUT2D eigenvalue weighted by Crippen LogP contribution is -2.33. The molecule has 1 heterocycles. The van der Waals surface area contributed by atoms with Crippen molar-refractivity contribution in [3.05, 3.63) is 95.6 Å². The van der Waals surface area contributed by atoms with Crippen LogP contribution >= 0.6 is 0 Å². The largest absolute Gasteiger partial charge is 0.452 e. The van der Waals surface area contributed by atoms with Crippen molar-refractivity contribution in [3.8, 4) is 0 Å². The van der Waals surface area contributed by atoms with Gasteiger partial charge >= 0.3 is 12.1 Å². The Morgan fingerprint density at radius 1 is 0.854 bits per heavy atom. The molecule has 3 fully saturated rings. The number of ether oxygens (including phenoxy) is 1. The van der Waals surface area contributed by atoms with E-state index in [2.05, 4.69) is 17.4 Å². The summed E-state index contributed by atoms with van der Waals surface area (Å²) in [5.74, 6) is -2.45. The number of nitrogens with zero attached hydrogens (tertiary/aromatic N) is 1. The molecule has 0 spiro atoms. The molecule has 10 heteroatoms. The Labute approximate surface area is 233 Å². The maximum atomic E-state index is 13.5. The molecule has 1 saturated heterocycles. The second-order valence-electron chi connectivity index (χ2n) is 10.7. The van der Waals surface area contributed by atoms with Crippen LogP contribution in [-0.4, -0.2) is 30.3 Å². The summed E-state index contributed by atoms with van der Waals surface area (Å²) < 4.78 is 44.4. The van der Waals surface area contributed by atoms with Crippen LogP contribution in [0.4, 0.5) is 24.5 Å². The first-order valence-electron chi connectivity index (χ1n) is 13.3. The third-order valence-electron chi connectivity index (χ3n) is 8.45. The van der Waals surface area contributed by atoms with E-state index in [0.717, 1.165) is 25.0 Å². The monoisotopic (exact) mass is 562 g/mol. The number of benzene rings is 3. The van der Waals surface area contributed by atoms with Gasteiger partial charge in [0.05, 0.1) is 34.3 Å². The van der Waals surface area contributed by atoms with E-state index in [1.165, 1.54) is 46.9 Å². The minimum absolute atomic E-state index is 0.0562. The molecule has 1 aliphatic heterocycles. The lowest BCUT2D eigenvalue weighted by molar-refractivity contribution is -0.137. The van der Waals surface area contributed by atoms with E-state index in [1.54, 1.807) is 0 Å². The van der Waals surface area contributed by atoms with Crippen LogP contribution in [0.5, 0.6) is 0 Å². The average Bonchev–Trinajstić information content (AvgIpc) is 3.63. The highest BCUT2D eigenvalue weighted by atomic mass is 19.4. The molecule has 0 aromatic heterocycles. The summed E-state index contributed by atoms with van der Waals surface area (Å²) in [6.07, 6.45) is -2.93. The molecule has 3 amide bonds. The van der Waals surface area contributed by atoms with Gasteiger partial charge in [-0.25, -0.2) is 4.79 Å². The first-order chi connectivity index (χ1) is 19.6. The number of imide groups is 1. The van der Waals surface area contributed by atoms with Gasteiger partial charge in [-0.1, -0.05) is 42.5 Å². The third kappa shape index (κ3) is 4.77. The second kappa shape index (κ2) is 10.2. The Kier molecular flexibility index (Phi) is 6.63. The van der Waals surface area contributed by atoms with E-state index < -0.39 is 35.9 Å². The molecule has 2 aliphatic carbocycles. The topological polar surface area (TPSA) is 92.8 Å². The van der Waals surface area contributed by atoms with Gasteiger partial charge in [0.2, 0.25) is 11.8 Å². The number of alkyl halides is 3. The maximum Gasteiger partial charge on any atom is 0.418 e. The Balaban J connectivity index is 1.09. The molecule has 7 nitrogen and oxygen atoms in total. The molecular weight excluding hydrogens is 537 g/mol. The summed E-state index contributed by atoms with van der Waals surface area (Å²) in [5, 5.41) is 2.11. The summed E-state index contributed by atoms with van der Waals surface area (Å²) in [6, 6.07) is 20.3. The van der Waals surface area contributed by atoms with Gasteiger partial charge in [0.1, 0.15) is 0 Å². The Morgan fingerprint density at radius 2 is 1.51 bits per heavy atom. The summed E-state index contributed by atoms with van der Waals surface area (Å²) in [6.45, 7) is -0.801. The van der Waals surface area contributed by atoms with Gasteiger partial charge in [0, 0.05) is 0 Å². The van der Waals surface area contributed by atoms with Crippen molar-refractivity contribution >= 4 is 35.1 Å². The Bertz CT molecular complexity index is 1520. The highest BCUT2D eigenvalue weighted by Crippen LogP contribution is 2.61. The number of anilines is 2. The van der Waals surface area contributed by atoms with Crippen LogP contribution < -0.4 is 10.2 Å². The predicted molar refractivity (Wildman–Crippen MR) is 142 cm³/mol. The van der Waals surface area contributed by atoms with Crippen molar-refractivity contribution in [2.24, 2.45) is 23.7 Å². The molecule has 5 atom stereocenters. The second-order valence-corrected chi connectivity index (χ2v) is 10.7. The molecule has 3 aliphatic rings. The summed E-state index contributed by atoms with van der Waals surface area (Å²) in [7, 11) is 0. The fourth-order valence-electron chi connectivity index (χ4n) is 6.78. The lowest BCUT2D eigenvalue weighted by Gasteiger charge is -2.28. The Morgan fingerprint density at radius 3 is 2.22 bits per heavy atom. The van der Waals surface area contributed by atoms with E-state index in [4.69, 9.17) is 4.74 Å². The van der Waals surface area contributed by atoms with Crippen molar-refractivity contribution in [2.75, 3.05) is 16.8 Å². The van der Waals surface area contributed by atoms with Crippen LogP contribution in [0.2, 0.25) is 0 Å². The number of carbonyl (C=O) groups excluding carboxylic acids is 4. The zero-order valence-electron chi connectivity index (χ0n) is 21.6. The summed E-state index contributed by atoms with van der Waals surface area (Å²) in [4.78, 5) is 52.7. The number of hydrogen-bond acceptors (Lipinski definition) is 5. The highest BCUT2D eigenvalue weighted by molar-refractivity contribution is 6.22.